The second-order valence-electron chi connectivity index (χ2n) is 5.80. The van der Waals surface area contributed by atoms with Crippen molar-refractivity contribution in [3.63, 3.8) is 0 Å². The number of carbonyl (C=O) groups excluding carboxylic acids is 1. The maximum absolute atomic E-state index is 12.4. The summed E-state index contributed by atoms with van der Waals surface area (Å²) in [6.45, 7) is 6.32. The van der Waals surface area contributed by atoms with Crippen LogP contribution in [0.25, 0.3) is 0 Å². The molecule has 1 aliphatic carbocycles. The van der Waals surface area contributed by atoms with Gasteiger partial charge in [-0.05, 0) is 52.1 Å². The average Bonchev–Trinajstić information content (AvgIpc) is 2.98. The number of nitrogens with one attached hydrogen (secondary N) is 2. The predicted octanol–water partition coefficient (Wildman–Crippen LogP) is 1.82. The second kappa shape index (κ2) is 4.36. The van der Waals surface area contributed by atoms with Crippen molar-refractivity contribution in [2.75, 3.05) is 13.1 Å². The van der Waals surface area contributed by atoms with Crippen molar-refractivity contribution < 1.29 is 4.79 Å². The first-order chi connectivity index (χ1) is 7.60. The Balaban J connectivity index is 2.01. The molecule has 3 heteroatoms. The van der Waals surface area contributed by atoms with Crippen molar-refractivity contribution in [2.24, 2.45) is 5.41 Å². The number of amides is 1. The van der Waals surface area contributed by atoms with Crippen LogP contribution in [0, 0.1) is 5.41 Å². The Hall–Kier alpha value is -0.570. The average molecular weight is 224 g/mol. The summed E-state index contributed by atoms with van der Waals surface area (Å²) in [5, 5.41) is 6.61. The van der Waals surface area contributed by atoms with E-state index in [2.05, 4.69) is 24.5 Å². The molecule has 16 heavy (non-hydrogen) atoms. The number of piperidine rings is 1. The standard InChI is InChI=1S/C13H24N2O/c1-3-4-13(7-9-14-10-8-13)11(16)15-12(2)5-6-12/h14H,3-10H2,1-2H3,(H,15,16). The van der Waals surface area contributed by atoms with Crippen LogP contribution in [0.2, 0.25) is 0 Å². The molecule has 0 spiro atoms. The summed E-state index contributed by atoms with van der Waals surface area (Å²) in [5.41, 5.74) is 0.0499. The summed E-state index contributed by atoms with van der Waals surface area (Å²) in [6.07, 6.45) is 6.45. The summed E-state index contributed by atoms with van der Waals surface area (Å²) in [6, 6.07) is 0. The molecule has 0 aromatic heterocycles. The molecule has 1 heterocycles. The first-order valence-corrected chi connectivity index (χ1v) is 6.64. The molecule has 2 fully saturated rings. The van der Waals surface area contributed by atoms with E-state index in [-0.39, 0.29) is 11.0 Å². The molecule has 2 N–H and O–H groups in total. The summed E-state index contributed by atoms with van der Waals surface area (Å²) in [4.78, 5) is 12.4. The van der Waals surface area contributed by atoms with Crippen LogP contribution in [0.5, 0.6) is 0 Å². The molecule has 2 aliphatic rings. The number of hydrogen-bond donors (Lipinski definition) is 2. The molecule has 1 saturated heterocycles. The quantitative estimate of drug-likeness (QED) is 0.765. The van der Waals surface area contributed by atoms with Gasteiger partial charge in [0.15, 0.2) is 0 Å². The molecule has 0 atom stereocenters. The van der Waals surface area contributed by atoms with E-state index in [0.29, 0.717) is 5.91 Å². The van der Waals surface area contributed by atoms with Gasteiger partial charge in [-0.25, -0.2) is 0 Å². The van der Waals surface area contributed by atoms with Crippen molar-refractivity contribution in [3.05, 3.63) is 0 Å². The summed E-state index contributed by atoms with van der Waals surface area (Å²) < 4.78 is 0. The minimum absolute atomic E-state index is 0.0778. The minimum atomic E-state index is -0.0778. The van der Waals surface area contributed by atoms with Gasteiger partial charge in [-0.3, -0.25) is 4.79 Å². The molecule has 0 bridgehead atoms. The van der Waals surface area contributed by atoms with E-state index in [1.54, 1.807) is 0 Å². The van der Waals surface area contributed by atoms with Crippen molar-refractivity contribution in [1.82, 2.24) is 10.6 Å². The van der Waals surface area contributed by atoms with Gasteiger partial charge < -0.3 is 10.6 Å². The van der Waals surface area contributed by atoms with E-state index in [9.17, 15) is 4.79 Å². The number of carbonyl (C=O) groups is 1. The fraction of sp³-hybridized carbons (Fsp3) is 0.923. The molecule has 1 saturated carbocycles. The van der Waals surface area contributed by atoms with Crippen LogP contribution in [0.1, 0.15) is 52.4 Å². The first-order valence-electron chi connectivity index (χ1n) is 6.64. The lowest BCUT2D eigenvalue weighted by Gasteiger charge is -2.37. The second-order valence-corrected chi connectivity index (χ2v) is 5.80. The largest absolute Gasteiger partial charge is 0.350 e. The van der Waals surface area contributed by atoms with Gasteiger partial charge in [0.05, 0.1) is 5.41 Å². The highest BCUT2D eigenvalue weighted by molar-refractivity contribution is 5.83. The van der Waals surface area contributed by atoms with Crippen molar-refractivity contribution >= 4 is 5.91 Å². The van der Waals surface area contributed by atoms with E-state index in [1.807, 2.05) is 0 Å². The van der Waals surface area contributed by atoms with Gasteiger partial charge in [0.1, 0.15) is 0 Å². The fourth-order valence-corrected chi connectivity index (χ4v) is 2.69. The van der Waals surface area contributed by atoms with Crippen LogP contribution in [-0.2, 0) is 4.79 Å². The van der Waals surface area contributed by atoms with E-state index in [1.165, 1.54) is 0 Å². The molecule has 0 radical (unpaired) electrons. The van der Waals surface area contributed by atoms with E-state index >= 15 is 0 Å². The van der Waals surface area contributed by atoms with E-state index in [0.717, 1.165) is 51.6 Å². The predicted molar refractivity (Wildman–Crippen MR) is 65.2 cm³/mol. The van der Waals surface area contributed by atoms with Crippen LogP contribution in [0.3, 0.4) is 0 Å². The third kappa shape index (κ3) is 2.40. The van der Waals surface area contributed by atoms with Gasteiger partial charge in [0.2, 0.25) is 5.91 Å². The maximum atomic E-state index is 12.4. The molecule has 92 valence electrons. The molecule has 0 aromatic carbocycles. The molecule has 3 nitrogen and oxygen atoms in total. The van der Waals surface area contributed by atoms with Crippen LogP contribution in [0.4, 0.5) is 0 Å². The first kappa shape index (κ1) is 11.9. The monoisotopic (exact) mass is 224 g/mol. The van der Waals surface area contributed by atoms with Crippen molar-refractivity contribution in [2.45, 2.75) is 57.9 Å². The zero-order valence-corrected chi connectivity index (χ0v) is 10.6. The molecule has 1 aliphatic heterocycles. The summed E-state index contributed by atoms with van der Waals surface area (Å²) in [7, 11) is 0. The normalized spacial score (nSPS) is 26.1. The Kier molecular flexibility index (Phi) is 3.24. The highest BCUT2D eigenvalue weighted by Crippen LogP contribution is 2.39. The lowest BCUT2D eigenvalue weighted by Crippen LogP contribution is -2.50. The Labute approximate surface area is 98.4 Å². The lowest BCUT2D eigenvalue weighted by molar-refractivity contribution is -0.134. The van der Waals surface area contributed by atoms with Gasteiger partial charge in [-0.15, -0.1) is 0 Å². The molecular formula is C13H24N2O. The molecular weight excluding hydrogens is 200 g/mol. The Bertz CT molecular complexity index is 260. The van der Waals surface area contributed by atoms with Gasteiger partial charge in [-0.1, -0.05) is 13.3 Å². The highest BCUT2D eigenvalue weighted by Gasteiger charge is 2.45. The third-order valence-electron chi connectivity index (χ3n) is 4.19. The Morgan fingerprint density at radius 1 is 1.25 bits per heavy atom. The topological polar surface area (TPSA) is 41.1 Å². The van der Waals surface area contributed by atoms with E-state index in [4.69, 9.17) is 0 Å². The van der Waals surface area contributed by atoms with Gasteiger partial charge >= 0.3 is 0 Å². The number of rotatable bonds is 4. The zero-order valence-electron chi connectivity index (χ0n) is 10.6. The fourth-order valence-electron chi connectivity index (χ4n) is 2.69. The van der Waals surface area contributed by atoms with Gasteiger partial charge in [0.25, 0.3) is 0 Å². The summed E-state index contributed by atoms with van der Waals surface area (Å²) >= 11 is 0. The highest BCUT2D eigenvalue weighted by atomic mass is 16.2. The number of hydrogen-bond acceptors (Lipinski definition) is 2. The Morgan fingerprint density at radius 2 is 1.88 bits per heavy atom. The molecule has 0 aromatic rings. The van der Waals surface area contributed by atoms with Crippen molar-refractivity contribution in [1.29, 1.82) is 0 Å². The third-order valence-corrected chi connectivity index (χ3v) is 4.19. The molecule has 0 unspecified atom stereocenters. The maximum Gasteiger partial charge on any atom is 0.226 e. The molecule has 2 rings (SSSR count). The zero-order chi connectivity index (χ0) is 11.6. The lowest BCUT2D eigenvalue weighted by atomic mass is 9.74. The van der Waals surface area contributed by atoms with Crippen LogP contribution >= 0.6 is 0 Å². The van der Waals surface area contributed by atoms with E-state index < -0.39 is 0 Å². The smallest absolute Gasteiger partial charge is 0.226 e. The van der Waals surface area contributed by atoms with Gasteiger partial charge in [0, 0.05) is 5.54 Å². The van der Waals surface area contributed by atoms with Crippen LogP contribution in [-0.4, -0.2) is 24.5 Å². The Morgan fingerprint density at radius 3 is 2.38 bits per heavy atom. The van der Waals surface area contributed by atoms with Crippen LogP contribution in [0.15, 0.2) is 0 Å². The van der Waals surface area contributed by atoms with Crippen LogP contribution < -0.4 is 10.6 Å². The minimum Gasteiger partial charge on any atom is -0.350 e. The van der Waals surface area contributed by atoms with Gasteiger partial charge in [-0.2, -0.15) is 0 Å². The van der Waals surface area contributed by atoms with Crippen molar-refractivity contribution in [3.8, 4) is 0 Å². The summed E-state index contributed by atoms with van der Waals surface area (Å²) in [5.74, 6) is 0.316. The SMILES string of the molecule is CCCC1(C(=O)NC2(C)CC2)CCNCC1. The molecule has 1 amide bonds.